The number of anilines is 1. The monoisotopic (exact) mass is 290 g/mol. The third-order valence-electron chi connectivity index (χ3n) is 2.94. The summed E-state index contributed by atoms with van der Waals surface area (Å²) in [4.78, 5) is 22.4. The van der Waals surface area contributed by atoms with E-state index in [1.807, 2.05) is 23.7 Å². The highest BCUT2D eigenvalue weighted by molar-refractivity contribution is 7.99. The van der Waals surface area contributed by atoms with E-state index in [4.69, 9.17) is 0 Å². The van der Waals surface area contributed by atoms with E-state index in [9.17, 15) is 4.79 Å². The smallest absolute Gasteiger partial charge is 0.276 e. The van der Waals surface area contributed by atoms with Gasteiger partial charge in [0.25, 0.3) is 5.91 Å². The van der Waals surface area contributed by atoms with Crippen LogP contribution in [0.5, 0.6) is 0 Å². The predicted molar refractivity (Wildman–Crippen MR) is 81.2 cm³/mol. The van der Waals surface area contributed by atoms with Crippen LogP contribution in [0.4, 0.5) is 5.69 Å². The van der Waals surface area contributed by atoms with Gasteiger partial charge in [-0.05, 0) is 18.6 Å². The van der Waals surface area contributed by atoms with E-state index in [0.29, 0.717) is 5.69 Å². The van der Waals surface area contributed by atoms with E-state index in [1.54, 1.807) is 42.3 Å². The van der Waals surface area contributed by atoms with Crippen molar-refractivity contribution < 1.29 is 4.79 Å². The number of rotatable bonds is 5. The van der Waals surface area contributed by atoms with E-state index in [2.05, 4.69) is 16.9 Å². The van der Waals surface area contributed by atoms with Gasteiger partial charge < -0.3 is 9.47 Å². The molecule has 2 rings (SSSR count). The average molecular weight is 290 g/mol. The van der Waals surface area contributed by atoms with Gasteiger partial charge in [0, 0.05) is 26.0 Å². The van der Waals surface area contributed by atoms with Crippen molar-refractivity contribution in [2.75, 3.05) is 17.7 Å². The summed E-state index contributed by atoms with van der Waals surface area (Å²) in [6.07, 6.45) is 6.07. The third-order valence-corrected chi connectivity index (χ3v) is 4.19. The minimum absolute atomic E-state index is 0.0867. The van der Waals surface area contributed by atoms with Crippen molar-refractivity contribution in [1.29, 1.82) is 0 Å². The molecule has 0 atom stereocenters. The second kappa shape index (κ2) is 6.56. The lowest BCUT2D eigenvalue weighted by molar-refractivity contribution is 0.0984. The standard InChI is InChI=1S/C14H18N4OS/c1-4-8-20-14-16-10-12(18(14)3)13(19)17(2)11-6-5-7-15-9-11/h5-7,9-10H,4,8H2,1-3H3. The number of amides is 1. The third kappa shape index (κ3) is 3.01. The van der Waals surface area contributed by atoms with Crippen LogP contribution < -0.4 is 4.90 Å². The Balaban J connectivity index is 2.19. The second-order valence-electron chi connectivity index (χ2n) is 4.41. The Morgan fingerprint density at radius 2 is 2.25 bits per heavy atom. The highest BCUT2D eigenvalue weighted by Crippen LogP contribution is 2.20. The van der Waals surface area contributed by atoms with Gasteiger partial charge in [-0.25, -0.2) is 4.98 Å². The molecule has 6 heteroatoms. The van der Waals surface area contributed by atoms with Crippen LogP contribution in [0.15, 0.2) is 35.9 Å². The van der Waals surface area contributed by atoms with Crippen molar-refractivity contribution in [3.63, 3.8) is 0 Å². The fourth-order valence-electron chi connectivity index (χ4n) is 1.76. The second-order valence-corrected chi connectivity index (χ2v) is 5.47. The number of pyridine rings is 1. The summed E-state index contributed by atoms with van der Waals surface area (Å²) in [5.74, 6) is 0.910. The van der Waals surface area contributed by atoms with Crippen LogP contribution in [-0.2, 0) is 7.05 Å². The van der Waals surface area contributed by atoms with Crippen LogP contribution >= 0.6 is 11.8 Å². The Labute approximate surface area is 123 Å². The predicted octanol–water partition coefficient (Wildman–Crippen LogP) is 2.59. The molecule has 5 nitrogen and oxygen atoms in total. The van der Waals surface area contributed by atoms with Gasteiger partial charge in [0.05, 0.1) is 18.1 Å². The summed E-state index contributed by atoms with van der Waals surface area (Å²) in [7, 11) is 3.61. The summed E-state index contributed by atoms with van der Waals surface area (Å²) >= 11 is 1.66. The molecule has 0 saturated carbocycles. The van der Waals surface area contributed by atoms with E-state index in [0.717, 1.165) is 23.0 Å². The molecule has 0 saturated heterocycles. The van der Waals surface area contributed by atoms with Crippen molar-refractivity contribution in [2.24, 2.45) is 7.05 Å². The Morgan fingerprint density at radius 1 is 1.45 bits per heavy atom. The molecular formula is C14H18N4OS. The lowest BCUT2D eigenvalue weighted by Crippen LogP contribution is -2.28. The Morgan fingerprint density at radius 3 is 2.90 bits per heavy atom. The summed E-state index contributed by atoms with van der Waals surface area (Å²) < 4.78 is 1.84. The van der Waals surface area contributed by atoms with Crippen LogP contribution in [-0.4, -0.2) is 33.2 Å². The lowest BCUT2D eigenvalue weighted by Gasteiger charge is -2.16. The van der Waals surface area contributed by atoms with Gasteiger partial charge in [0.2, 0.25) is 0 Å². The molecule has 0 aromatic carbocycles. The first-order valence-electron chi connectivity index (χ1n) is 6.47. The number of imidazole rings is 1. The lowest BCUT2D eigenvalue weighted by atomic mass is 10.3. The van der Waals surface area contributed by atoms with Crippen LogP contribution in [0.3, 0.4) is 0 Å². The zero-order valence-corrected chi connectivity index (χ0v) is 12.7. The SMILES string of the molecule is CCCSc1ncc(C(=O)N(C)c2cccnc2)n1C. The van der Waals surface area contributed by atoms with Gasteiger partial charge in [0.1, 0.15) is 5.69 Å². The quantitative estimate of drug-likeness (QED) is 0.794. The first kappa shape index (κ1) is 14.6. The molecule has 20 heavy (non-hydrogen) atoms. The van der Waals surface area contributed by atoms with Crippen molar-refractivity contribution >= 4 is 23.4 Å². The van der Waals surface area contributed by atoms with Crippen molar-refractivity contribution in [1.82, 2.24) is 14.5 Å². The number of carbonyl (C=O) groups is 1. The molecule has 0 radical (unpaired) electrons. The van der Waals surface area contributed by atoms with Gasteiger partial charge in [-0.3, -0.25) is 9.78 Å². The van der Waals surface area contributed by atoms with Gasteiger partial charge >= 0.3 is 0 Å². The summed E-state index contributed by atoms with van der Waals surface area (Å²) in [5.41, 5.74) is 1.34. The molecule has 0 bridgehead atoms. The number of nitrogens with zero attached hydrogens (tertiary/aromatic N) is 4. The molecule has 1 amide bonds. The molecule has 0 unspecified atom stereocenters. The zero-order valence-electron chi connectivity index (χ0n) is 11.9. The first-order chi connectivity index (χ1) is 9.65. The van der Waals surface area contributed by atoms with Gasteiger partial charge in [-0.15, -0.1) is 0 Å². The van der Waals surface area contributed by atoms with Crippen molar-refractivity contribution in [2.45, 2.75) is 18.5 Å². The van der Waals surface area contributed by atoms with Gasteiger partial charge in [-0.1, -0.05) is 18.7 Å². The Bertz CT molecular complexity index is 582. The summed E-state index contributed by atoms with van der Waals surface area (Å²) in [6.45, 7) is 2.12. The normalized spacial score (nSPS) is 10.6. The summed E-state index contributed by atoms with van der Waals surface area (Å²) in [5, 5.41) is 0.870. The van der Waals surface area contributed by atoms with Gasteiger partial charge in [0.15, 0.2) is 5.16 Å². The highest BCUT2D eigenvalue weighted by atomic mass is 32.2. The van der Waals surface area contributed by atoms with Crippen LogP contribution in [0.25, 0.3) is 0 Å². The van der Waals surface area contributed by atoms with Crippen molar-refractivity contribution in [3.05, 3.63) is 36.4 Å². The maximum absolute atomic E-state index is 12.5. The average Bonchev–Trinajstić information content (AvgIpc) is 2.85. The topological polar surface area (TPSA) is 51.0 Å². The van der Waals surface area contributed by atoms with Crippen molar-refractivity contribution in [3.8, 4) is 0 Å². The first-order valence-corrected chi connectivity index (χ1v) is 7.46. The molecular weight excluding hydrogens is 272 g/mol. The molecule has 2 heterocycles. The molecule has 0 aliphatic carbocycles. The number of thioether (sulfide) groups is 1. The molecule has 0 fully saturated rings. The summed E-state index contributed by atoms with van der Waals surface area (Å²) in [6, 6.07) is 3.67. The molecule has 2 aromatic heterocycles. The van der Waals surface area contributed by atoms with Gasteiger partial charge in [-0.2, -0.15) is 0 Å². The fraction of sp³-hybridized carbons (Fsp3) is 0.357. The minimum Gasteiger partial charge on any atom is -0.318 e. The van der Waals surface area contributed by atoms with Crippen LogP contribution in [0.2, 0.25) is 0 Å². The molecule has 0 spiro atoms. The molecule has 0 N–H and O–H groups in total. The number of aromatic nitrogens is 3. The Kier molecular flexibility index (Phi) is 4.79. The molecule has 2 aromatic rings. The van der Waals surface area contributed by atoms with E-state index < -0.39 is 0 Å². The zero-order chi connectivity index (χ0) is 14.5. The minimum atomic E-state index is -0.0867. The fourth-order valence-corrected chi connectivity index (χ4v) is 2.57. The molecule has 106 valence electrons. The maximum Gasteiger partial charge on any atom is 0.276 e. The van der Waals surface area contributed by atoms with E-state index >= 15 is 0 Å². The van der Waals surface area contributed by atoms with Crippen LogP contribution in [0.1, 0.15) is 23.8 Å². The van der Waals surface area contributed by atoms with Crippen LogP contribution in [0, 0.1) is 0 Å². The number of carbonyl (C=O) groups excluding carboxylic acids is 1. The highest BCUT2D eigenvalue weighted by Gasteiger charge is 2.19. The molecule has 0 aliphatic heterocycles. The molecule has 0 aliphatic rings. The Hall–Kier alpha value is -1.82. The largest absolute Gasteiger partial charge is 0.318 e. The maximum atomic E-state index is 12.5. The number of hydrogen-bond donors (Lipinski definition) is 0. The number of hydrogen-bond acceptors (Lipinski definition) is 4. The van der Waals surface area contributed by atoms with E-state index in [-0.39, 0.29) is 5.91 Å². The van der Waals surface area contributed by atoms with E-state index in [1.165, 1.54) is 0 Å².